The molecule has 1 amide bonds. The number of nitrogens with zero attached hydrogens (tertiary/aromatic N) is 1. The molecule has 1 rings (SSSR count). The molecule has 0 heterocycles. The van der Waals surface area contributed by atoms with Crippen LogP contribution in [0.15, 0.2) is 12.1 Å². The van der Waals surface area contributed by atoms with E-state index in [1.165, 1.54) is 6.07 Å². The molecule has 19 heavy (non-hydrogen) atoms. The van der Waals surface area contributed by atoms with Crippen molar-refractivity contribution in [3.05, 3.63) is 33.4 Å². The summed E-state index contributed by atoms with van der Waals surface area (Å²) < 4.78 is 0. The van der Waals surface area contributed by atoms with Gasteiger partial charge in [-0.1, -0.05) is 13.3 Å². The van der Waals surface area contributed by atoms with Gasteiger partial charge in [0, 0.05) is 11.6 Å². The van der Waals surface area contributed by atoms with E-state index in [0.717, 1.165) is 12.0 Å². The molecule has 0 aromatic heterocycles. The van der Waals surface area contributed by atoms with Crippen LogP contribution in [0.25, 0.3) is 0 Å². The Labute approximate surface area is 112 Å². The van der Waals surface area contributed by atoms with Gasteiger partial charge in [0.15, 0.2) is 0 Å². The van der Waals surface area contributed by atoms with Crippen LogP contribution in [0, 0.1) is 24.0 Å². The molecule has 0 aliphatic heterocycles. The summed E-state index contributed by atoms with van der Waals surface area (Å²) >= 11 is 0. The first-order valence-corrected chi connectivity index (χ1v) is 6.18. The summed E-state index contributed by atoms with van der Waals surface area (Å²) in [4.78, 5) is 22.2. The van der Waals surface area contributed by atoms with E-state index in [4.69, 9.17) is 5.73 Å². The van der Waals surface area contributed by atoms with Crippen molar-refractivity contribution in [1.82, 2.24) is 0 Å². The van der Waals surface area contributed by atoms with Crippen molar-refractivity contribution in [2.75, 3.05) is 5.32 Å². The van der Waals surface area contributed by atoms with Crippen LogP contribution in [0.3, 0.4) is 0 Å². The van der Waals surface area contributed by atoms with Crippen molar-refractivity contribution in [3.63, 3.8) is 0 Å². The van der Waals surface area contributed by atoms with E-state index in [2.05, 4.69) is 5.32 Å². The van der Waals surface area contributed by atoms with Crippen molar-refractivity contribution in [2.45, 2.75) is 39.7 Å². The van der Waals surface area contributed by atoms with Gasteiger partial charge in [0.05, 0.1) is 16.7 Å². The zero-order valence-corrected chi connectivity index (χ0v) is 11.4. The number of aryl methyl sites for hydroxylation is 2. The number of hydrogen-bond acceptors (Lipinski definition) is 4. The van der Waals surface area contributed by atoms with Crippen molar-refractivity contribution in [3.8, 4) is 0 Å². The highest BCUT2D eigenvalue weighted by molar-refractivity contribution is 5.95. The van der Waals surface area contributed by atoms with Gasteiger partial charge in [-0.3, -0.25) is 14.9 Å². The topological polar surface area (TPSA) is 98.3 Å². The molecule has 0 unspecified atom stereocenters. The fraction of sp³-hybridized carbons (Fsp3) is 0.462. The summed E-state index contributed by atoms with van der Waals surface area (Å²) in [7, 11) is 0. The molecule has 1 aromatic rings. The Bertz CT molecular complexity index is 500. The van der Waals surface area contributed by atoms with Gasteiger partial charge in [0.2, 0.25) is 5.91 Å². The lowest BCUT2D eigenvalue weighted by Crippen LogP contribution is -2.35. The number of nitro benzene ring substituents is 1. The van der Waals surface area contributed by atoms with Crippen molar-refractivity contribution >= 4 is 17.3 Å². The zero-order chi connectivity index (χ0) is 14.6. The molecule has 0 spiro atoms. The van der Waals surface area contributed by atoms with Crippen molar-refractivity contribution in [1.29, 1.82) is 0 Å². The highest BCUT2D eigenvalue weighted by Crippen LogP contribution is 2.26. The molecule has 1 aromatic carbocycles. The second-order valence-corrected chi connectivity index (χ2v) is 4.60. The van der Waals surface area contributed by atoms with E-state index < -0.39 is 11.0 Å². The van der Waals surface area contributed by atoms with Gasteiger partial charge in [-0.25, -0.2) is 0 Å². The molecule has 0 fully saturated rings. The Balaban J connectivity index is 2.98. The number of rotatable bonds is 5. The van der Waals surface area contributed by atoms with Crippen LogP contribution in [-0.2, 0) is 4.79 Å². The van der Waals surface area contributed by atoms with Crippen LogP contribution in [-0.4, -0.2) is 16.9 Å². The maximum atomic E-state index is 11.8. The SMILES string of the molecule is CCC[C@H](N)C(=O)Nc1cc([N+](=O)[O-])c(C)cc1C. The summed E-state index contributed by atoms with van der Waals surface area (Å²) in [5.74, 6) is -0.317. The number of hydrogen-bond donors (Lipinski definition) is 2. The first-order chi connectivity index (χ1) is 8.86. The molecule has 0 aliphatic carbocycles. The van der Waals surface area contributed by atoms with E-state index in [9.17, 15) is 14.9 Å². The van der Waals surface area contributed by atoms with E-state index in [1.807, 2.05) is 6.92 Å². The fourth-order valence-corrected chi connectivity index (χ4v) is 1.84. The minimum absolute atomic E-state index is 0.00929. The summed E-state index contributed by atoms with van der Waals surface area (Å²) in [6.45, 7) is 5.40. The molecular formula is C13H19N3O3. The quantitative estimate of drug-likeness (QED) is 0.630. The van der Waals surface area contributed by atoms with Gasteiger partial charge in [0.1, 0.15) is 0 Å². The van der Waals surface area contributed by atoms with Crippen LogP contribution >= 0.6 is 0 Å². The summed E-state index contributed by atoms with van der Waals surface area (Å²) in [6.07, 6.45) is 1.39. The molecule has 0 aliphatic rings. The van der Waals surface area contributed by atoms with Crippen LogP contribution in [0.2, 0.25) is 0 Å². The lowest BCUT2D eigenvalue weighted by atomic mass is 10.1. The Morgan fingerprint density at radius 1 is 1.42 bits per heavy atom. The predicted octanol–water partition coefficient (Wildman–Crippen LogP) is 2.28. The highest BCUT2D eigenvalue weighted by atomic mass is 16.6. The number of carbonyl (C=O) groups is 1. The molecule has 6 heteroatoms. The predicted molar refractivity (Wildman–Crippen MR) is 74.1 cm³/mol. The van der Waals surface area contributed by atoms with Crippen LogP contribution in [0.5, 0.6) is 0 Å². The maximum absolute atomic E-state index is 11.8. The molecule has 6 nitrogen and oxygen atoms in total. The maximum Gasteiger partial charge on any atom is 0.274 e. The molecule has 0 saturated heterocycles. The van der Waals surface area contributed by atoms with Crippen molar-refractivity contribution in [2.24, 2.45) is 5.73 Å². The second-order valence-electron chi connectivity index (χ2n) is 4.60. The third-order valence-corrected chi connectivity index (χ3v) is 2.93. The Hall–Kier alpha value is -1.95. The molecule has 1 atom stereocenters. The van der Waals surface area contributed by atoms with Crippen LogP contribution in [0.1, 0.15) is 30.9 Å². The lowest BCUT2D eigenvalue weighted by molar-refractivity contribution is -0.385. The Morgan fingerprint density at radius 3 is 2.58 bits per heavy atom. The van der Waals surface area contributed by atoms with Gasteiger partial charge in [-0.15, -0.1) is 0 Å². The molecule has 104 valence electrons. The normalized spacial score (nSPS) is 12.0. The van der Waals surface area contributed by atoms with Gasteiger partial charge < -0.3 is 11.1 Å². The molecule has 0 saturated carbocycles. The van der Waals surface area contributed by atoms with Gasteiger partial charge in [-0.2, -0.15) is 0 Å². The number of nitrogens with two attached hydrogens (primary N) is 1. The number of benzene rings is 1. The minimum atomic E-state index is -0.593. The lowest BCUT2D eigenvalue weighted by Gasteiger charge is -2.13. The summed E-state index contributed by atoms with van der Waals surface area (Å²) in [6, 6.07) is 2.46. The third kappa shape index (κ3) is 3.75. The van der Waals surface area contributed by atoms with Crippen LogP contribution < -0.4 is 11.1 Å². The fourth-order valence-electron chi connectivity index (χ4n) is 1.84. The molecule has 0 radical (unpaired) electrons. The molecular weight excluding hydrogens is 246 g/mol. The standard InChI is InChI=1S/C13H19N3O3/c1-4-5-10(14)13(17)15-11-7-12(16(18)19)9(3)6-8(11)2/h6-7,10H,4-5,14H2,1-3H3,(H,15,17)/t10-/m0/s1. The number of anilines is 1. The minimum Gasteiger partial charge on any atom is -0.324 e. The zero-order valence-electron chi connectivity index (χ0n) is 11.4. The average molecular weight is 265 g/mol. The number of carbonyl (C=O) groups excluding carboxylic acids is 1. The number of nitrogens with one attached hydrogen (secondary N) is 1. The van der Waals surface area contributed by atoms with E-state index in [1.54, 1.807) is 19.9 Å². The second kappa shape index (κ2) is 6.29. The van der Waals surface area contributed by atoms with Gasteiger partial charge in [0.25, 0.3) is 5.69 Å². The Kier molecular flexibility index (Phi) is 5.00. The summed E-state index contributed by atoms with van der Waals surface area (Å²) in [5.41, 5.74) is 7.48. The van der Waals surface area contributed by atoms with Crippen LogP contribution in [0.4, 0.5) is 11.4 Å². The molecule has 3 N–H and O–H groups in total. The highest BCUT2D eigenvalue weighted by Gasteiger charge is 2.17. The summed E-state index contributed by atoms with van der Waals surface area (Å²) in [5, 5.41) is 13.5. The first kappa shape index (κ1) is 15.1. The van der Waals surface area contributed by atoms with E-state index >= 15 is 0 Å². The smallest absolute Gasteiger partial charge is 0.274 e. The monoisotopic (exact) mass is 265 g/mol. The number of nitro groups is 1. The van der Waals surface area contributed by atoms with E-state index in [-0.39, 0.29) is 11.6 Å². The Morgan fingerprint density at radius 2 is 2.05 bits per heavy atom. The van der Waals surface area contributed by atoms with Crippen molar-refractivity contribution < 1.29 is 9.72 Å². The third-order valence-electron chi connectivity index (χ3n) is 2.93. The van der Waals surface area contributed by atoms with E-state index in [0.29, 0.717) is 17.7 Å². The average Bonchev–Trinajstić information content (AvgIpc) is 2.32. The molecule has 0 bridgehead atoms. The number of amides is 1. The van der Waals surface area contributed by atoms with Gasteiger partial charge in [-0.05, 0) is 31.9 Å². The first-order valence-electron chi connectivity index (χ1n) is 6.18. The van der Waals surface area contributed by atoms with Gasteiger partial charge >= 0.3 is 0 Å². The largest absolute Gasteiger partial charge is 0.324 e.